The van der Waals surface area contributed by atoms with Crippen molar-refractivity contribution in [2.45, 2.75) is 19.5 Å². The fourth-order valence-electron chi connectivity index (χ4n) is 2.27. The van der Waals surface area contributed by atoms with E-state index in [2.05, 4.69) is 10.6 Å². The molecule has 1 fully saturated rings. The van der Waals surface area contributed by atoms with Crippen LogP contribution in [0.2, 0.25) is 0 Å². The van der Waals surface area contributed by atoms with E-state index >= 15 is 0 Å². The van der Waals surface area contributed by atoms with Crippen LogP contribution in [-0.2, 0) is 16.1 Å². The highest BCUT2D eigenvalue weighted by Gasteiger charge is 2.32. The highest BCUT2D eigenvalue weighted by Crippen LogP contribution is 2.07. The normalized spacial score (nSPS) is 18.1. The lowest BCUT2D eigenvalue weighted by atomic mass is 10.2. The van der Waals surface area contributed by atoms with Crippen LogP contribution in [0.15, 0.2) is 30.3 Å². The highest BCUT2D eigenvalue weighted by atomic mass is 16.5. The molecule has 1 atom stereocenters. The Hall–Kier alpha value is -2.08. The fraction of sp³-hybridized carbons (Fsp3) is 0.467. The maximum Gasteiger partial charge on any atom is 0.330 e. The third-order valence-electron chi connectivity index (χ3n) is 3.35. The van der Waals surface area contributed by atoms with Gasteiger partial charge in [0.15, 0.2) is 0 Å². The maximum atomic E-state index is 12.3. The van der Waals surface area contributed by atoms with E-state index in [1.54, 1.807) is 6.92 Å². The third-order valence-corrected chi connectivity index (χ3v) is 3.35. The van der Waals surface area contributed by atoms with E-state index in [1.807, 2.05) is 30.3 Å². The number of rotatable bonds is 4. The van der Waals surface area contributed by atoms with Gasteiger partial charge in [-0.25, -0.2) is 9.59 Å². The van der Waals surface area contributed by atoms with Gasteiger partial charge in [0.25, 0.3) is 0 Å². The molecule has 21 heavy (non-hydrogen) atoms. The monoisotopic (exact) mass is 291 g/mol. The smallest absolute Gasteiger partial charge is 0.330 e. The number of carbonyl (C=O) groups is 2. The average molecular weight is 291 g/mol. The Kier molecular flexibility index (Phi) is 5.57. The summed E-state index contributed by atoms with van der Waals surface area (Å²) in [6, 6.07) is 8.87. The Labute approximate surface area is 124 Å². The van der Waals surface area contributed by atoms with Gasteiger partial charge in [-0.1, -0.05) is 30.3 Å². The van der Waals surface area contributed by atoms with Gasteiger partial charge in [-0.05, 0) is 12.5 Å². The number of nitrogens with zero attached hydrogens (tertiary/aromatic N) is 1. The Morgan fingerprint density at radius 2 is 2.14 bits per heavy atom. The van der Waals surface area contributed by atoms with Gasteiger partial charge in [0.2, 0.25) is 0 Å². The summed E-state index contributed by atoms with van der Waals surface area (Å²) >= 11 is 0. The molecule has 1 aromatic carbocycles. The summed E-state index contributed by atoms with van der Waals surface area (Å²) in [4.78, 5) is 25.7. The summed E-state index contributed by atoms with van der Waals surface area (Å²) in [6.45, 7) is 4.11. The summed E-state index contributed by atoms with van der Waals surface area (Å²) in [5.41, 5.74) is 1.02. The second-order valence-corrected chi connectivity index (χ2v) is 4.81. The van der Waals surface area contributed by atoms with Gasteiger partial charge in [-0.2, -0.15) is 0 Å². The van der Waals surface area contributed by atoms with Crippen molar-refractivity contribution in [3.05, 3.63) is 35.9 Å². The summed E-state index contributed by atoms with van der Waals surface area (Å²) in [7, 11) is 0. The van der Waals surface area contributed by atoms with E-state index in [4.69, 9.17) is 4.74 Å². The van der Waals surface area contributed by atoms with E-state index in [0.29, 0.717) is 32.8 Å². The summed E-state index contributed by atoms with van der Waals surface area (Å²) in [5.74, 6) is -0.362. The first kappa shape index (κ1) is 15.3. The molecule has 6 nitrogen and oxygen atoms in total. The molecule has 1 heterocycles. The second kappa shape index (κ2) is 7.64. The maximum absolute atomic E-state index is 12.3. The first-order valence-electron chi connectivity index (χ1n) is 7.18. The number of nitrogens with one attached hydrogen (secondary N) is 2. The van der Waals surface area contributed by atoms with Crippen LogP contribution in [0.3, 0.4) is 0 Å². The van der Waals surface area contributed by atoms with Crippen molar-refractivity contribution in [3.8, 4) is 0 Å². The zero-order valence-electron chi connectivity index (χ0n) is 12.2. The number of hydrogen-bond donors (Lipinski definition) is 2. The molecule has 2 rings (SSSR count). The Morgan fingerprint density at radius 3 is 2.86 bits per heavy atom. The van der Waals surface area contributed by atoms with Crippen molar-refractivity contribution in [2.75, 3.05) is 26.2 Å². The van der Waals surface area contributed by atoms with Gasteiger partial charge in [-0.15, -0.1) is 0 Å². The van der Waals surface area contributed by atoms with Crippen LogP contribution in [0.4, 0.5) is 4.79 Å². The molecule has 0 aromatic heterocycles. The molecule has 1 aliphatic heterocycles. The van der Waals surface area contributed by atoms with Gasteiger partial charge in [0.05, 0.1) is 6.61 Å². The lowest BCUT2D eigenvalue weighted by Gasteiger charge is -2.34. The minimum Gasteiger partial charge on any atom is -0.464 e. The third kappa shape index (κ3) is 4.19. The first-order chi connectivity index (χ1) is 10.2. The number of hydrogen-bond acceptors (Lipinski definition) is 4. The van der Waals surface area contributed by atoms with E-state index in [0.717, 1.165) is 5.56 Å². The molecule has 0 bridgehead atoms. The number of esters is 1. The van der Waals surface area contributed by atoms with Crippen LogP contribution in [-0.4, -0.2) is 49.2 Å². The van der Waals surface area contributed by atoms with Gasteiger partial charge in [0.1, 0.15) is 6.04 Å². The minimum atomic E-state index is -0.561. The number of amides is 2. The molecule has 1 aliphatic rings. The number of ether oxygens (including phenoxy) is 1. The molecule has 2 N–H and O–H groups in total. The second-order valence-electron chi connectivity index (χ2n) is 4.81. The number of carbonyl (C=O) groups excluding carboxylic acids is 2. The topological polar surface area (TPSA) is 70.7 Å². The lowest BCUT2D eigenvalue weighted by Crippen LogP contribution is -2.59. The zero-order valence-corrected chi connectivity index (χ0v) is 12.2. The van der Waals surface area contributed by atoms with Crippen molar-refractivity contribution in [2.24, 2.45) is 0 Å². The largest absolute Gasteiger partial charge is 0.464 e. The Bertz CT molecular complexity index is 478. The summed E-state index contributed by atoms with van der Waals surface area (Å²) < 4.78 is 5.02. The van der Waals surface area contributed by atoms with Crippen LogP contribution >= 0.6 is 0 Å². The molecule has 0 saturated carbocycles. The number of piperazine rings is 1. The number of urea groups is 1. The van der Waals surface area contributed by atoms with E-state index in [9.17, 15) is 9.59 Å². The molecule has 1 saturated heterocycles. The standard InChI is InChI=1S/C15H21N3O3/c1-2-21-14(19)13-11-16-8-9-18(13)15(20)17-10-12-6-4-3-5-7-12/h3-7,13,16H,2,8-11H2,1H3,(H,17,20). The Balaban J connectivity index is 1.93. The molecule has 1 unspecified atom stereocenters. The predicted molar refractivity (Wildman–Crippen MR) is 78.7 cm³/mol. The quantitative estimate of drug-likeness (QED) is 0.803. The van der Waals surface area contributed by atoms with Crippen LogP contribution in [0.5, 0.6) is 0 Å². The van der Waals surface area contributed by atoms with Crippen LogP contribution in [0.25, 0.3) is 0 Å². The lowest BCUT2D eigenvalue weighted by molar-refractivity contribution is -0.148. The molecular formula is C15H21N3O3. The molecule has 0 aliphatic carbocycles. The summed E-state index contributed by atoms with van der Waals surface area (Å²) in [5, 5.41) is 5.96. The zero-order chi connectivity index (χ0) is 15.1. The SMILES string of the molecule is CCOC(=O)C1CNCCN1C(=O)NCc1ccccc1. The number of benzene rings is 1. The van der Waals surface area contributed by atoms with Crippen LogP contribution in [0, 0.1) is 0 Å². The van der Waals surface area contributed by atoms with Crippen molar-refractivity contribution in [3.63, 3.8) is 0 Å². The molecule has 0 spiro atoms. The Morgan fingerprint density at radius 1 is 1.38 bits per heavy atom. The van der Waals surface area contributed by atoms with E-state index in [-0.39, 0.29) is 12.0 Å². The fourth-order valence-corrected chi connectivity index (χ4v) is 2.27. The minimum absolute atomic E-state index is 0.238. The van der Waals surface area contributed by atoms with Gasteiger partial charge >= 0.3 is 12.0 Å². The average Bonchev–Trinajstić information content (AvgIpc) is 2.54. The molecular weight excluding hydrogens is 270 g/mol. The van der Waals surface area contributed by atoms with Gasteiger partial charge in [0, 0.05) is 26.2 Å². The van der Waals surface area contributed by atoms with Crippen molar-refractivity contribution >= 4 is 12.0 Å². The molecule has 2 amide bonds. The molecule has 114 valence electrons. The van der Waals surface area contributed by atoms with Crippen molar-refractivity contribution < 1.29 is 14.3 Å². The molecule has 1 aromatic rings. The highest BCUT2D eigenvalue weighted by molar-refractivity contribution is 5.84. The predicted octanol–water partition coefficient (Wildman–Crippen LogP) is 0.733. The summed E-state index contributed by atoms with van der Waals surface area (Å²) in [6.07, 6.45) is 0. The van der Waals surface area contributed by atoms with E-state index in [1.165, 1.54) is 4.90 Å². The van der Waals surface area contributed by atoms with Crippen LogP contribution in [0.1, 0.15) is 12.5 Å². The van der Waals surface area contributed by atoms with Crippen LogP contribution < -0.4 is 10.6 Å². The van der Waals surface area contributed by atoms with E-state index < -0.39 is 6.04 Å². The first-order valence-corrected chi connectivity index (χ1v) is 7.18. The molecule has 0 radical (unpaired) electrons. The van der Waals surface area contributed by atoms with Gasteiger partial charge < -0.3 is 20.3 Å². The van der Waals surface area contributed by atoms with Crippen molar-refractivity contribution in [1.82, 2.24) is 15.5 Å². The van der Waals surface area contributed by atoms with Crippen molar-refractivity contribution in [1.29, 1.82) is 0 Å². The van der Waals surface area contributed by atoms with Gasteiger partial charge in [-0.3, -0.25) is 0 Å². The molecule has 6 heteroatoms.